The Morgan fingerprint density at radius 3 is 2.45 bits per heavy atom. The third kappa shape index (κ3) is 7.87. The zero-order valence-electron chi connectivity index (χ0n) is 23.3. The van der Waals surface area contributed by atoms with E-state index in [-0.39, 0.29) is 23.8 Å². The van der Waals surface area contributed by atoms with Gasteiger partial charge < -0.3 is 25.8 Å². The lowest BCUT2D eigenvalue weighted by molar-refractivity contribution is -0.143. The first-order chi connectivity index (χ1) is 19.1. The second-order valence-corrected chi connectivity index (χ2v) is 11.9. The Bertz CT molecular complexity index is 1190. The summed E-state index contributed by atoms with van der Waals surface area (Å²) in [5, 5.41) is 4.28. The van der Waals surface area contributed by atoms with Crippen molar-refractivity contribution in [2.75, 3.05) is 44.2 Å². The number of nitrogens with two attached hydrogens (primary N) is 1. The lowest BCUT2D eigenvalue weighted by Gasteiger charge is -2.40. The standard InChI is InChI=1S/C30H40Cl2FN5O2/c1-20(19-35-21(2)34)5-6-23-16-25(33)9-10-27(23)36-12-14-37(15-13-36)30(40)28(38-11-3-4-29(38)39)17-22-7-8-24(31)18-26(22)32/h7-10,16,18,20-21,28,35H,3-6,11-15,17,19,34H2,1-2H3. The molecule has 218 valence electrons. The van der Waals surface area contributed by atoms with Crippen molar-refractivity contribution in [3.8, 4) is 0 Å². The highest BCUT2D eigenvalue weighted by molar-refractivity contribution is 6.35. The van der Waals surface area contributed by atoms with Crippen LogP contribution in [0.1, 0.15) is 44.2 Å². The van der Waals surface area contributed by atoms with E-state index < -0.39 is 6.04 Å². The number of piperazine rings is 1. The Labute approximate surface area is 246 Å². The van der Waals surface area contributed by atoms with Gasteiger partial charge in [-0.3, -0.25) is 9.59 Å². The van der Waals surface area contributed by atoms with Crippen molar-refractivity contribution in [1.29, 1.82) is 0 Å². The van der Waals surface area contributed by atoms with Crippen molar-refractivity contribution >= 4 is 40.7 Å². The highest BCUT2D eigenvalue weighted by Gasteiger charge is 2.37. The Morgan fingerprint density at radius 2 is 1.80 bits per heavy atom. The van der Waals surface area contributed by atoms with Gasteiger partial charge >= 0.3 is 0 Å². The Hall–Kier alpha value is -2.39. The maximum atomic E-state index is 14.2. The minimum atomic E-state index is -0.604. The van der Waals surface area contributed by atoms with E-state index in [0.717, 1.165) is 42.6 Å². The molecule has 2 heterocycles. The Morgan fingerprint density at radius 1 is 1.05 bits per heavy atom. The third-order valence-corrected chi connectivity index (χ3v) is 8.45. The summed E-state index contributed by atoms with van der Waals surface area (Å²) in [6.07, 6.45) is 3.16. The van der Waals surface area contributed by atoms with Crippen LogP contribution in [0.15, 0.2) is 36.4 Å². The van der Waals surface area contributed by atoms with Gasteiger partial charge in [-0.1, -0.05) is 36.2 Å². The minimum Gasteiger partial charge on any atom is -0.368 e. The van der Waals surface area contributed by atoms with Gasteiger partial charge in [0.05, 0.1) is 6.17 Å². The second-order valence-electron chi connectivity index (χ2n) is 11.1. The SMILES string of the molecule is CC(CCc1cc(F)ccc1N1CCN(C(=O)C(Cc2ccc(Cl)cc2Cl)N2CCCC2=O)CC1)CNC(C)N. The van der Waals surface area contributed by atoms with Crippen molar-refractivity contribution < 1.29 is 14.0 Å². The van der Waals surface area contributed by atoms with E-state index in [1.807, 2.05) is 24.0 Å². The molecule has 0 bridgehead atoms. The lowest BCUT2D eigenvalue weighted by Crippen LogP contribution is -2.56. The fourth-order valence-electron chi connectivity index (χ4n) is 5.56. The summed E-state index contributed by atoms with van der Waals surface area (Å²) in [7, 11) is 0. The molecule has 2 aromatic carbocycles. The molecule has 3 atom stereocenters. The van der Waals surface area contributed by atoms with Gasteiger partial charge in [-0.2, -0.15) is 0 Å². The molecule has 2 aliphatic heterocycles. The number of nitrogens with one attached hydrogen (secondary N) is 1. The third-order valence-electron chi connectivity index (χ3n) is 7.87. The van der Waals surface area contributed by atoms with E-state index in [0.29, 0.717) is 61.5 Å². The zero-order chi connectivity index (χ0) is 28.8. The van der Waals surface area contributed by atoms with E-state index in [1.54, 1.807) is 23.1 Å². The van der Waals surface area contributed by atoms with Crippen LogP contribution < -0.4 is 16.0 Å². The van der Waals surface area contributed by atoms with Crippen LogP contribution in [0.5, 0.6) is 0 Å². The van der Waals surface area contributed by atoms with Crippen LogP contribution in [0.4, 0.5) is 10.1 Å². The average Bonchev–Trinajstić information content (AvgIpc) is 3.35. The first-order valence-corrected chi connectivity index (χ1v) is 14.9. The zero-order valence-corrected chi connectivity index (χ0v) is 24.9. The molecule has 3 unspecified atom stereocenters. The minimum absolute atomic E-state index is 0.00312. The second kappa shape index (κ2) is 14.0. The molecule has 0 spiro atoms. The fourth-order valence-corrected chi connectivity index (χ4v) is 6.04. The van der Waals surface area contributed by atoms with Crippen LogP contribution in [0.2, 0.25) is 10.0 Å². The summed E-state index contributed by atoms with van der Waals surface area (Å²) in [5.74, 6) is 0.0999. The van der Waals surface area contributed by atoms with Crippen molar-refractivity contribution in [2.24, 2.45) is 11.7 Å². The highest BCUT2D eigenvalue weighted by Crippen LogP contribution is 2.28. The molecular formula is C30H40Cl2FN5O2. The monoisotopic (exact) mass is 591 g/mol. The number of benzene rings is 2. The average molecular weight is 593 g/mol. The first-order valence-electron chi connectivity index (χ1n) is 14.2. The van der Waals surface area contributed by atoms with E-state index in [4.69, 9.17) is 28.9 Å². The summed E-state index contributed by atoms with van der Waals surface area (Å²) < 4.78 is 14.2. The van der Waals surface area contributed by atoms with Crippen molar-refractivity contribution in [3.05, 3.63) is 63.4 Å². The fraction of sp³-hybridized carbons (Fsp3) is 0.533. The number of hydrogen-bond acceptors (Lipinski definition) is 5. The number of rotatable bonds is 11. The van der Waals surface area contributed by atoms with Crippen molar-refractivity contribution in [3.63, 3.8) is 0 Å². The first kappa shape index (κ1) is 30.6. The highest BCUT2D eigenvalue weighted by atomic mass is 35.5. The van der Waals surface area contributed by atoms with E-state index in [2.05, 4.69) is 17.1 Å². The number of anilines is 1. The van der Waals surface area contributed by atoms with Gasteiger partial charge in [0.1, 0.15) is 11.9 Å². The number of carbonyl (C=O) groups excluding carboxylic acids is 2. The number of halogens is 3. The Balaban J connectivity index is 1.43. The normalized spacial score (nSPS) is 18.2. The Kier molecular flexibility index (Phi) is 10.7. The summed E-state index contributed by atoms with van der Waals surface area (Å²) in [5.41, 5.74) is 8.59. The van der Waals surface area contributed by atoms with E-state index in [1.165, 1.54) is 6.07 Å². The molecule has 2 fully saturated rings. The number of aryl methyl sites for hydroxylation is 1. The molecule has 0 aromatic heterocycles. The molecule has 3 N–H and O–H groups in total. The molecule has 0 saturated carbocycles. The summed E-state index contributed by atoms with van der Waals surface area (Å²) in [6.45, 7) is 7.78. The van der Waals surface area contributed by atoms with Gasteiger partial charge in [-0.25, -0.2) is 4.39 Å². The van der Waals surface area contributed by atoms with Crippen LogP contribution in [0.25, 0.3) is 0 Å². The molecule has 0 radical (unpaired) electrons. The molecular weight excluding hydrogens is 552 g/mol. The van der Waals surface area contributed by atoms with Gasteiger partial charge in [-0.05, 0) is 80.1 Å². The van der Waals surface area contributed by atoms with Gasteiger partial charge in [0, 0.05) is 61.3 Å². The maximum Gasteiger partial charge on any atom is 0.245 e. The number of nitrogens with zero attached hydrogens (tertiary/aromatic N) is 3. The van der Waals surface area contributed by atoms with Gasteiger partial charge in [0.15, 0.2) is 0 Å². The number of likely N-dealkylation sites (tertiary alicyclic amines) is 1. The molecule has 0 aliphatic carbocycles. The van der Waals surface area contributed by atoms with Crippen molar-refractivity contribution in [1.82, 2.24) is 15.1 Å². The molecule has 2 amide bonds. The van der Waals surface area contributed by atoms with Crippen LogP contribution in [-0.2, 0) is 22.4 Å². The van der Waals surface area contributed by atoms with Gasteiger partial charge in [0.25, 0.3) is 0 Å². The number of amides is 2. The van der Waals surface area contributed by atoms with Crippen LogP contribution in [-0.4, -0.2) is 73.1 Å². The molecule has 10 heteroatoms. The number of hydrogen-bond donors (Lipinski definition) is 2. The van der Waals surface area contributed by atoms with Crippen LogP contribution >= 0.6 is 23.2 Å². The van der Waals surface area contributed by atoms with Gasteiger partial charge in [0.2, 0.25) is 11.8 Å². The van der Waals surface area contributed by atoms with Crippen molar-refractivity contribution in [2.45, 2.75) is 58.2 Å². The lowest BCUT2D eigenvalue weighted by atomic mass is 9.98. The smallest absolute Gasteiger partial charge is 0.245 e. The van der Waals surface area contributed by atoms with Gasteiger partial charge in [-0.15, -0.1) is 0 Å². The topological polar surface area (TPSA) is 81.9 Å². The summed E-state index contributed by atoms with van der Waals surface area (Å²) in [6, 6.07) is 9.62. The summed E-state index contributed by atoms with van der Waals surface area (Å²) >= 11 is 12.5. The maximum absolute atomic E-state index is 14.2. The predicted octanol–water partition coefficient (Wildman–Crippen LogP) is 4.48. The largest absolute Gasteiger partial charge is 0.368 e. The molecule has 2 aromatic rings. The van der Waals surface area contributed by atoms with Crippen LogP contribution in [0, 0.1) is 11.7 Å². The van der Waals surface area contributed by atoms with E-state index >= 15 is 0 Å². The molecule has 2 aliphatic rings. The predicted molar refractivity (Wildman–Crippen MR) is 159 cm³/mol. The van der Waals surface area contributed by atoms with E-state index in [9.17, 15) is 14.0 Å². The number of carbonyl (C=O) groups is 2. The molecule has 4 rings (SSSR count). The summed E-state index contributed by atoms with van der Waals surface area (Å²) in [4.78, 5) is 32.3. The molecule has 40 heavy (non-hydrogen) atoms. The van der Waals surface area contributed by atoms with Crippen LogP contribution in [0.3, 0.4) is 0 Å². The molecule has 2 saturated heterocycles. The quantitative estimate of drug-likeness (QED) is 0.377. The molecule has 7 nitrogen and oxygen atoms in total.